The van der Waals surface area contributed by atoms with E-state index < -0.39 is 0 Å². The second-order valence-electron chi connectivity index (χ2n) is 5.70. The van der Waals surface area contributed by atoms with E-state index in [4.69, 9.17) is 9.84 Å². The van der Waals surface area contributed by atoms with Crippen molar-refractivity contribution in [2.75, 3.05) is 59.6 Å². The predicted octanol–water partition coefficient (Wildman–Crippen LogP) is 0.173. The number of nitrogens with zero attached hydrogens (tertiary/aromatic N) is 2. The van der Waals surface area contributed by atoms with Crippen LogP contribution in [0.1, 0.15) is 15.9 Å². The molecule has 0 aromatic heterocycles. The van der Waals surface area contributed by atoms with Crippen LogP contribution in [0, 0.1) is 0 Å². The lowest BCUT2D eigenvalue weighted by atomic mass is 10.1. The fraction of sp³-hybridized carbons (Fsp3) is 0.588. The van der Waals surface area contributed by atoms with Crippen molar-refractivity contribution < 1.29 is 14.6 Å². The molecule has 1 saturated heterocycles. The Kier molecular flexibility index (Phi) is 7.48. The van der Waals surface area contributed by atoms with Gasteiger partial charge in [-0.05, 0) is 24.7 Å². The molecule has 1 aromatic rings. The van der Waals surface area contributed by atoms with E-state index in [0.29, 0.717) is 13.2 Å². The Morgan fingerprint density at radius 3 is 2.48 bits per heavy atom. The Hall–Kier alpha value is -1.47. The number of carbonyl (C=O) groups excluding carboxylic acids is 1. The average molecular weight is 321 g/mol. The maximum absolute atomic E-state index is 12.5. The lowest BCUT2D eigenvalue weighted by molar-refractivity contribution is 0.0486. The highest BCUT2D eigenvalue weighted by molar-refractivity contribution is 5.94. The minimum absolute atomic E-state index is 0.0649. The molecule has 128 valence electrons. The van der Waals surface area contributed by atoms with Crippen LogP contribution in [-0.4, -0.2) is 80.4 Å². The molecule has 6 heteroatoms. The quantitative estimate of drug-likeness (QED) is 0.669. The molecular formula is C17H27N3O3. The van der Waals surface area contributed by atoms with Gasteiger partial charge in [0.25, 0.3) is 5.91 Å². The summed E-state index contributed by atoms with van der Waals surface area (Å²) in [5, 5.41) is 11.8. The summed E-state index contributed by atoms with van der Waals surface area (Å²) in [5.41, 5.74) is 1.93. The number of aliphatic hydroxyl groups is 1. The van der Waals surface area contributed by atoms with Gasteiger partial charge in [0.15, 0.2) is 0 Å². The van der Waals surface area contributed by atoms with Crippen molar-refractivity contribution in [2.24, 2.45) is 0 Å². The summed E-state index contributed by atoms with van der Waals surface area (Å²) < 4.78 is 5.28. The SMILES string of the molecule is CNCc1ccc(C(=O)N2CCN(CCOCCO)CC2)cc1. The molecule has 0 radical (unpaired) electrons. The summed E-state index contributed by atoms with van der Waals surface area (Å²) in [5.74, 6) is 0.109. The number of amides is 1. The standard InChI is InChI=1S/C17H27N3O3/c1-18-14-15-2-4-16(5-3-15)17(22)20-8-6-19(7-9-20)10-12-23-13-11-21/h2-5,18,21H,6-14H2,1H3. The lowest BCUT2D eigenvalue weighted by Gasteiger charge is -2.34. The van der Waals surface area contributed by atoms with Crippen molar-refractivity contribution >= 4 is 5.91 Å². The number of nitrogens with one attached hydrogen (secondary N) is 1. The van der Waals surface area contributed by atoms with Gasteiger partial charge in [-0.25, -0.2) is 0 Å². The van der Waals surface area contributed by atoms with Gasteiger partial charge >= 0.3 is 0 Å². The molecule has 0 atom stereocenters. The molecule has 2 rings (SSSR count). The number of hydrogen-bond donors (Lipinski definition) is 2. The molecule has 1 aliphatic heterocycles. The third-order valence-electron chi connectivity index (χ3n) is 4.03. The van der Waals surface area contributed by atoms with Crippen molar-refractivity contribution in [1.29, 1.82) is 0 Å². The highest BCUT2D eigenvalue weighted by Crippen LogP contribution is 2.10. The summed E-state index contributed by atoms with van der Waals surface area (Å²) in [4.78, 5) is 16.7. The van der Waals surface area contributed by atoms with Gasteiger partial charge in [0, 0.05) is 44.8 Å². The Labute approximate surface area is 138 Å². The summed E-state index contributed by atoms with van der Waals surface area (Å²) in [6.07, 6.45) is 0. The second-order valence-corrected chi connectivity index (χ2v) is 5.70. The van der Waals surface area contributed by atoms with Crippen molar-refractivity contribution in [3.05, 3.63) is 35.4 Å². The fourth-order valence-electron chi connectivity index (χ4n) is 2.69. The molecule has 0 unspecified atom stereocenters. The minimum Gasteiger partial charge on any atom is -0.394 e. The van der Waals surface area contributed by atoms with Crippen LogP contribution >= 0.6 is 0 Å². The van der Waals surface area contributed by atoms with Crippen molar-refractivity contribution in [2.45, 2.75) is 6.54 Å². The van der Waals surface area contributed by atoms with E-state index in [0.717, 1.165) is 44.8 Å². The molecule has 1 amide bonds. The number of benzene rings is 1. The summed E-state index contributed by atoms with van der Waals surface area (Å²) >= 11 is 0. The molecule has 1 heterocycles. The molecule has 1 aromatic carbocycles. The molecule has 2 N–H and O–H groups in total. The van der Waals surface area contributed by atoms with Crippen molar-refractivity contribution in [1.82, 2.24) is 15.1 Å². The minimum atomic E-state index is 0.0649. The maximum atomic E-state index is 12.5. The van der Waals surface area contributed by atoms with Crippen LogP contribution in [-0.2, 0) is 11.3 Å². The zero-order valence-corrected chi connectivity index (χ0v) is 13.8. The molecule has 1 aliphatic rings. The van der Waals surface area contributed by atoms with Gasteiger partial charge in [-0.1, -0.05) is 12.1 Å². The third-order valence-corrected chi connectivity index (χ3v) is 4.03. The van der Waals surface area contributed by atoms with Crippen LogP contribution in [0.5, 0.6) is 0 Å². The first kappa shape index (κ1) is 17.9. The van der Waals surface area contributed by atoms with Crippen LogP contribution < -0.4 is 5.32 Å². The average Bonchev–Trinajstić information content (AvgIpc) is 2.60. The van der Waals surface area contributed by atoms with E-state index in [1.54, 1.807) is 0 Å². The molecule has 0 bridgehead atoms. The molecule has 23 heavy (non-hydrogen) atoms. The first-order chi connectivity index (χ1) is 11.2. The molecule has 6 nitrogen and oxygen atoms in total. The molecular weight excluding hydrogens is 294 g/mol. The molecule has 0 spiro atoms. The first-order valence-corrected chi connectivity index (χ1v) is 8.18. The summed E-state index contributed by atoms with van der Waals surface area (Å²) in [6.45, 7) is 5.97. The van der Waals surface area contributed by atoms with Crippen LogP contribution in [0.15, 0.2) is 24.3 Å². The van der Waals surface area contributed by atoms with Gasteiger partial charge in [0.1, 0.15) is 0 Å². The zero-order valence-electron chi connectivity index (χ0n) is 13.8. The van der Waals surface area contributed by atoms with E-state index in [9.17, 15) is 4.79 Å². The number of hydrogen-bond acceptors (Lipinski definition) is 5. The van der Waals surface area contributed by atoms with Gasteiger partial charge in [0.05, 0.1) is 19.8 Å². The van der Waals surface area contributed by atoms with Gasteiger partial charge in [0.2, 0.25) is 0 Å². The zero-order chi connectivity index (χ0) is 16.5. The van der Waals surface area contributed by atoms with Crippen LogP contribution in [0.4, 0.5) is 0 Å². The van der Waals surface area contributed by atoms with Gasteiger partial charge in [-0.3, -0.25) is 9.69 Å². The largest absolute Gasteiger partial charge is 0.394 e. The number of piperazine rings is 1. The van der Waals surface area contributed by atoms with E-state index in [1.807, 2.05) is 36.2 Å². The molecule has 1 fully saturated rings. The van der Waals surface area contributed by atoms with Gasteiger partial charge in [-0.15, -0.1) is 0 Å². The Morgan fingerprint density at radius 2 is 1.87 bits per heavy atom. The van der Waals surface area contributed by atoms with Crippen LogP contribution in [0.3, 0.4) is 0 Å². The number of carbonyl (C=O) groups is 1. The van der Waals surface area contributed by atoms with E-state index in [2.05, 4.69) is 10.2 Å². The number of ether oxygens (including phenoxy) is 1. The Morgan fingerprint density at radius 1 is 1.17 bits per heavy atom. The van der Waals surface area contributed by atoms with Crippen molar-refractivity contribution in [3.63, 3.8) is 0 Å². The van der Waals surface area contributed by atoms with Crippen LogP contribution in [0.25, 0.3) is 0 Å². The van der Waals surface area contributed by atoms with E-state index in [-0.39, 0.29) is 12.5 Å². The first-order valence-electron chi connectivity index (χ1n) is 8.18. The maximum Gasteiger partial charge on any atom is 0.253 e. The second kappa shape index (κ2) is 9.62. The van der Waals surface area contributed by atoms with Crippen LogP contribution in [0.2, 0.25) is 0 Å². The van der Waals surface area contributed by atoms with E-state index in [1.165, 1.54) is 5.56 Å². The highest BCUT2D eigenvalue weighted by atomic mass is 16.5. The Bertz CT molecular complexity index is 470. The number of aliphatic hydroxyl groups excluding tert-OH is 1. The van der Waals surface area contributed by atoms with E-state index >= 15 is 0 Å². The third kappa shape index (κ3) is 5.58. The summed E-state index contributed by atoms with van der Waals surface area (Å²) in [6, 6.07) is 7.81. The normalized spacial score (nSPS) is 15.8. The topological polar surface area (TPSA) is 65.0 Å². The van der Waals surface area contributed by atoms with Gasteiger partial charge in [-0.2, -0.15) is 0 Å². The fourth-order valence-corrected chi connectivity index (χ4v) is 2.69. The van der Waals surface area contributed by atoms with Gasteiger partial charge < -0.3 is 20.1 Å². The Balaban J connectivity index is 1.76. The molecule has 0 saturated carbocycles. The number of rotatable bonds is 8. The highest BCUT2D eigenvalue weighted by Gasteiger charge is 2.21. The smallest absolute Gasteiger partial charge is 0.253 e. The lowest BCUT2D eigenvalue weighted by Crippen LogP contribution is -2.49. The summed E-state index contributed by atoms with van der Waals surface area (Å²) in [7, 11) is 1.91. The molecule has 0 aliphatic carbocycles. The predicted molar refractivity (Wildman–Crippen MR) is 89.5 cm³/mol. The van der Waals surface area contributed by atoms with Crippen molar-refractivity contribution in [3.8, 4) is 0 Å². The monoisotopic (exact) mass is 321 g/mol.